The van der Waals surface area contributed by atoms with E-state index in [-0.39, 0.29) is 24.2 Å². The third-order valence-corrected chi connectivity index (χ3v) is 5.36. The Balaban J connectivity index is 1.66. The average molecular weight is 360 g/mol. The molecule has 0 spiro atoms. The molecule has 1 aromatic heterocycles. The van der Waals surface area contributed by atoms with Crippen molar-refractivity contribution in [3.8, 4) is 0 Å². The summed E-state index contributed by atoms with van der Waals surface area (Å²) in [5.74, 6) is -0.541. The van der Waals surface area contributed by atoms with Gasteiger partial charge in [-0.25, -0.2) is 4.39 Å². The monoisotopic (exact) mass is 360 g/mol. The molecule has 25 heavy (non-hydrogen) atoms. The quantitative estimate of drug-likeness (QED) is 0.907. The fraction of sp³-hybridized carbons (Fsp3) is 0.368. The molecule has 6 heteroatoms. The van der Waals surface area contributed by atoms with Gasteiger partial charge in [-0.1, -0.05) is 18.2 Å². The lowest BCUT2D eigenvalue weighted by Gasteiger charge is -2.34. The Morgan fingerprint density at radius 1 is 1.32 bits per heavy atom. The number of nitrogens with one attached hydrogen (secondary N) is 1. The number of carbonyl (C=O) groups excluding carboxylic acids is 2. The van der Waals surface area contributed by atoms with Crippen LogP contribution in [0.5, 0.6) is 0 Å². The van der Waals surface area contributed by atoms with Gasteiger partial charge in [-0.15, -0.1) is 11.3 Å². The predicted molar refractivity (Wildman–Crippen MR) is 96.0 cm³/mol. The summed E-state index contributed by atoms with van der Waals surface area (Å²) >= 11 is 1.39. The summed E-state index contributed by atoms with van der Waals surface area (Å²) in [6.07, 6.45) is 2.49. The molecule has 1 fully saturated rings. The van der Waals surface area contributed by atoms with Gasteiger partial charge in [0.2, 0.25) is 5.91 Å². The average Bonchev–Trinajstić information content (AvgIpc) is 3.16. The minimum absolute atomic E-state index is 0.0868. The number of hydrogen-bond donors (Lipinski definition) is 1. The number of hydrogen-bond acceptors (Lipinski definition) is 3. The van der Waals surface area contributed by atoms with Crippen LogP contribution in [0.15, 0.2) is 35.7 Å². The molecule has 0 radical (unpaired) electrons. The van der Waals surface area contributed by atoms with Crippen molar-refractivity contribution in [3.05, 3.63) is 57.5 Å². The van der Waals surface area contributed by atoms with Crippen molar-refractivity contribution < 1.29 is 14.0 Å². The van der Waals surface area contributed by atoms with Crippen molar-refractivity contribution in [2.75, 3.05) is 6.54 Å². The maximum atomic E-state index is 13.6. The number of rotatable bonds is 4. The number of halogens is 1. The number of nitrogens with zero attached hydrogens (tertiary/aromatic N) is 1. The van der Waals surface area contributed by atoms with E-state index in [1.54, 1.807) is 30.0 Å². The van der Waals surface area contributed by atoms with Crippen molar-refractivity contribution >= 4 is 23.2 Å². The van der Waals surface area contributed by atoms with Crippen molar-refractivity contribution in [1.82, 2.24) is 10.2 Å². The molecule has 132 valence electrons. The Bertz CT molecular complexity index is 761. The molecule has 1 aliphatic heterocycles. The van der Waals surface area contributed by atoms with Crippen molar-refractivity contribution in [2.45, 2.75) is 38.8 Å². The molecular formula is C19H21FN2O2S. The molecule has 0 bridgehead atoms. The van der Waals surface area contributed by atoms with Crippen LogP contribution in [-0.2, 0) is 11.3 Å². The zero-order chi connectivity index (χ0) is 17.8. The van der Waals surface area contributed by atoms with E-state index in [1.165, 1.54) is 17.4 Å². The van der Waals surface area contributed by atoms with Crippen molar-refractivity contribution in [1.29, 1.82) is 0 Å². The first-order chi connectivity index (χ1) is 12.1. The summed E-state index contributed by atoms with van der Waals surface area (Å²) < 4.78 is 13.6. The predicted octanol–water partition coefficient (Wildman–Crippen LogP) is 3.51. The van der Waals surface area contributed by atoms with E-state index < -0.39 is 6.04 Å². The van der Waals surface area contributed by atoms with Crippen LogP contribution < -0.4 is 5.32 Å². The number of amides is 2. The van der Waals surface area contributed by atoms with Crippen molar-refractivity contribution in [3.63, 3.8) is 0 Å². The summed E-state index contributed by atoms with van der Waals surface area (Å²) in [5.41, 5.74) is 1.29. The molecule has 0 saturated carbocycles. The van der Waals surface area contributed by atoms with Crippen LogP contribution >= 0.6 is 11.3 Å². The highest BCUT2D eigenvalue weighted by Crippen LogP contribution is 2.22. The Hall–Kier alpha value is -2.21. The summed E-state index contributed by atoms with van der Waals surface area (Å²) in [7, 11) is 0. The molecule has 1 aromatic carbocycles. The van der Waals surface area contributed by atoms with Gasteiger partial charge in [-0.3, -0.25) is 9.59 Å². The van der Waals surface area contributed by atoms with Gasteiger partial charge in [0.15, 0.2) is 0 Å². The minimum Gasteiger partial charge on any atom is -0.350 e. The third kappa shape index (κ3) is 4.07. The lowest BCUT2D eigenvalue weighted by molar-refractivity contribution is -0.126. The van der Waals surface area contributed by atoms with E-state index in [2.05, 4.69) is 5.32 Å². The zero-order valence-corrected chi connectivity index (χ0v) is 14.9. The normalized spacial score (nSPS) is 17.4. The number of carbonyl (C=O) groups is 2. The highest BCUT2D eigenvalue weighted by atomic mass is 32.1. The second-order valence-corrected chi connectivity index (χ2v) is 7.24. The van der Waals surface area contributed by atoms with E-state index in [0.717, 1.165) is 12.8 Å². The molecule has 0 aliphatic carbocycles. The summed E-state index contributed by atoms with van der Waals surface area (Å²) in [6, 6.07) is 8.09. The number of thiophene rings is 1. The first kappa shape index (κ1) is 17.6. The molecule has 2 aromatic rings. The number of benzene rings is 1. The standard InChI is InChI=1S/C19H21FN2O2S/c1-13-7-8-14(11-15(13)20)12-21-18(23)16-5-2-3-9-22(16)19(24)17-6-4-10-25-17/h4,6-8,10-11,16H,2-3,5,9,12H2,1H3,(H,21,23). The highest BCUT2D eigenvalue weighted by molar-refractivity contribution is 7.12. The number of aryl methyl sites for hydroxylation is 1. The summed E-state index contributed by atoms with van der Waals surface area (Å²) in [6.45, 7) is 2.55. The van der Waals surface area contributed by atoms with Gasteiger partial charge in [-0.05, 0) is 54.8 Å². The van der Waals surface area contributed by atoms with Crippen LogP contribution in [0.4, 0.5) is 4.39 Å². The molecule has 2 amide bonds. The summed E-state index contributed by atoms with van der Waals surface area (Å²) in [5, 5.41) is 4.71. The second-order valence-electron chi connectivity index (χ2n) is 6.29. The smallest absolute Gasteiger partial charge is 0.264 e. The summed E-state index contributed by atoms with van der Waals surface area (Å²) in [4.78, 5) is 27.6. The topological polar surface area (TPSA) is 49.4 Å². The number of piperidine rings is 1. The molecule has 1 unspecified atom stereocenters. The molecule has 1 aliphatic rings. The maximum absolute atomic E-state index is 13.6. The highest BCUT2D eigenvalue weighted by Gasteiger charge is 2.32. The van der Waals surface area contributed by atoms with Crippen LogP contribution in [-0.4, -0.2) is 29.3 Å². The van der Waals surface area contributed by atoms with E-state index in [9.17, 15) is 14.0 Å². The van der Waals surface area contributed by atoms with Crippen LogP contribution in [0.2, 0.25) is 0 Å². The van der Waals surface area contributed by atoms with E-state index >= 15 is 0 Å². The first-order valence-electron chi connectivity index (χ1n) is 8.43. The molecule has 3 rings (SSSR count). The zero-order valence-electron chi connectivity index (χ0n) is 14.1. The third-order valence-electron chi connectivity index (χ3n) is 4.50. The SMILES string of the molecule is Cc1ccc(CNC(=O)C2CCCCN2C(=O)c2cccs2)cc1F. The lowest BCUT2D eigenvalue weighted by atomic mass is 10.0. The van der Waals surface area contributed by atoms with E-state index in [4.69, 9.17) is 0 Å². The molecular weight excluding hydrogens is 339 g/mol. The first-order valence-corrected chi connectivity index (χ1v) is 9.31. The van der Waals surface area contributed by atoms with E-state index in [1.807, 2.05) is 11.4 Å². The molecule has 4 nitrogen and oxygen atoms in total. The Morgan fingerprint density at radius 2 is 2.16 bits per heavy atom. The van der Waals surface area contributed by atoms with Gasteiger partial charge in [0, 0.05) is 13.1 Å². The molecule has 1 N–H and O–H groups in total. The van der Waals surface area contributed by atoms with Gasteiger partial charge >= 0.3 is 0 Å². The second kappa shape index (κ2) is 7.78. The van der Waals surface area contributed by atoms with Crippen LogP contribution in [0.1, 0.15) is 40.1 Å². The van der Waals surface area contributed by atoms with Gasteiger partial charge in [0.25, 0.3) is 5.91 Å². The fourth-order valence-electron chi connectivity index (χ4n) is 3.04. The Kier molecular flexibility index (Phi) is 5.48. The van der Waals surface area contributed by atoms with Crippen LogP contribution in [0, 0.1) is 12.7 Å². The van der Waals surface area contributed by atoms with Gasteiger partial charge in [0.1, 0.15) is 11.9 Å². The van der Waals surface area contributed by atoms with E-state index in [0.29, 0.717) is 29.0 Å². The van der Waals surface area contributed by atoms with Gasteiger partial charge in [0.05, 0.1) is 4.88 Å². The Labute approximate surface area is 150 Å². The van der Waals surface area contributed by atoms with Crippen LogP contribution in [0.25, 0.3) is 0 Å². The minimum atomic E-state index is -0.460. The molecule has 1 saturated heterocycles. The van der Waals surface area contributed by atoms with Gasteiger partial charge < -0.3 is 10.2 Å². The van der Waals surface area contributed by atoms with Crippen molar-refractivity contribution in [2.24, 2.45) is 0 Å². The van der Waals surface area contributed by atoms with Gasteiger partial charge in [-0.2, -0.15) is 0 Å². The molecule has 2 heterocycles. The largest absolute Gasteiger partial charge is 0.350 e. The molecule has 1 atom stereocenters. The number of likely N-dealkylation sites (tertiary alicyclic amines) is 1. The van der Waals surface area contributed by atoms with Crippen LogP contribution in [0.3, 0.4) is 0 Å². The lowest BCUT2D eigenvalue weighted by Crippen LogP contribution is -2.51. The Morgan fingerprint density at radius 3 is 2.88 bits per heavy atom. The fourth-order valence-corrected chi connectivity index (χ4v) is 3.72. The maximum Gasteiger partial charge on any atom is 0.264 e.